The molecule has 0 aliphatic rings. The molecule has 0 aromatic heterocycles. The van der Waals surface area contributed by atoms with Crippen molar-refractivity contribution >= 4 is 13.6 Å². The minimum absolute atomic E-state index is 0.0243. The van der Waals surface area contributed by atoms with Crippen LogP contribution in [0.15, 0.2) is 18.2 Å². The van der Waals surface area contributed by atoms with Gasteiger partial charge in [0, 0.05) is 11.7 Å². The van der Waals surface area contributed by atoms with Crippen molar-refractivity contribution in [1.82, 2.24) is 0 Å². The Balaban J connectivity index is 2.66. The summed E-state index contributed by atoms with van der Waals surface area (Å²) in [6.07, 6.45) is 1.85. The summed E-state index contributed by atoms with van der Waals surface area (Å²) in [5.74, 6) is 0.157. The van der Waals surface area contributed by atoms with E-state index in [0.717, 1.165) is 17.5 Å². The summed E-state index contributed by atoms with van der Waals surface area (Å²) in [6.45, 7) is 12.5. The van der Waals surface area contributed by atoms with Gasteiger partial charge in [-0.3, -0.25) is 9.36 Å². The van der Waals surface area contributed by atoms with Gasteiger partial charge in [-0.15, -0.1) is 0 Å². The van der Waals surface area contributed by atoms with Gasteiger partial charge in [0.15, 0.2) is 0 Å². The number of aryl methyl sites for hydroxylation is 1. The second-order valence-electron chi connectivity index (χ2n) is 7.47. The van der Waals surface area contributed by atoms with Crippen LogP contribution < -0.4 is 4.74 Å². The summed E-state index contributed by atoms with van der Waals surface area (Å²) in [4.78, 5) is 12.2. The third kappa shape index (κ3) is 7.61. The van der Waals surface area contributed by atoms with Crippen LogP contribution in [0.3, 0.4) is 0 Å². The lowest BCUT2D eigenvalue weighted by atomic mass is 9.85. The van der Waals surface area contributed by atoms with Crippen molar-refractivity contribution in [3.63, 3.8) is 0 Å². The van der Waals surface area contributed by atoms with Gasteiger partial charge >= 0.3 is 13.6 Å². The number of ether oxygens (including phenoxy) is 1. The molecule has 6 heteroatoms. The largest absolute Gasteiger partial charge is 0.426 e. The predicted octanol–water partition coefficient (Wildman–Crippen LogP) is 5.63. The average molecular weight is 384 g/mol. The lowest BCUT2D eigenvalue weighted by Gasteiger charge is -2.23. The predicted molar refractivity (Wildman–Crippen MR) is 105 cm³/mol. The lowest BCUT2D eigenvalue weighted by molar-refractivity contribution is -0.135. The molecule has 0 fully saturated rings. The molecule has 0 amide bonds. The molecule has 1 unspecified atom stereocenters. The van der Waals surface area contributed by atoms with Gasteiger partial charge in [0.2, 0.25) is 0 Å². The summed E-state index contributed by atoms with van der Waals surface area (Å²) in [6, 6.07) is 5.77. The van der Waals surface area contributed by atoms with Crippen molar-refractivity contribution in [2.75, 3.05) is 19.4 Å². The fourth-order valence-electron chi connectivity index (χ4n) is 2.43. The summed E-state index contributed by atoms with van der Waals surface area (Å²) >= 11 is 0. The molecule has 148 valence electrons. The van der Waals surface area contributed by atoms with Crippen LogP contribution in [0, 0.1) is 6.92 Å². The summed E-state index contributed by atoms with van der Waals surface area (Å²) in [5.41, 5.74) is 1.96. The van der Waals surface area contributed by atoms with Crippen LogP contribution in [0.4, 0.5) is 0 Å². The molecule has 5 nitrogen and oxygen atoms in total. The highest BCUT2D eigenvalue weighted by molar-refractivity contribution is 7.53. The van der Waals surface area contributed by atoms with Gasteiger partial charge in [-0.1, -0.05) is 52.3 Å². The van der Waals surface area contributed by atoms with Crippen LogP contribution in [0.2, 0.25) is 0 Å². The van der Waals surface area contributed by atoms with Crippen molar-refractivity contribution in [1.29, 1.82) is 0 Å². The van der Waals surface area contributed by atoms with Gasteiger partial charge in [-0.25, -0.2) is 0 Å². The highest BCUT2D eigenvalue weighted by Crippen LogP contribution is 2.48. The van der Waals surface area contributed by atoms with E-state index in [0.29, 0.717) is 24.9 Å². The molecule has 26 heavy (non-hydrogen) atoms. The van der Waals surface area contributed by atoms with Crippen LogP contribution in [0.5, 0.6) is 5.75 Å². The van der Waals surface area contributed by atoms with E-state index in [-0.39, 0.29) is 18.4 Å². The standard InChI is InChI=1S/C20H33O5P/c1-7-12-23-26(22,14-8-2)24-13-11-19(21)25-18-10-9-16(3)15-17(18)20(4,5)6/h9-10,15H,7-8,11-14H2,1-6H3. The van der Waals surface area contributed by atoms with Gasteiger partial charge in [0.1, 0.15) is 5.75 Å². The number of hydrogen-bond donors (Lipinski definition) is 0. The Morgan fingerprint density at radius 2 is 1.73 bits per heavy atom. The first-order chi connectivity index (χ1) is 12.1. The maximum atomic E-state index is 12.5. The highest BCUT2D eigenvalue weighted by Gasteiger charge is 2.24. The molecule has 0 saturated carbocycles. The van der Waals surface area contributed by atoms with E-state index < -0.39 is 13.6 Å². The van der Waals surface area contributed by atoms with Crippen molar-refractivity contribution < 1.29 is 23.1 Å². The van der Waals surface area contributed by atoms with Gasteiger partial charge < -0.3 is 13.8 Å². The molecule has 1 rings (SSSR count). The Labute approximate surface area is 158 Å². The van der Waals surface area contributed by atoms with Crippen LogP contribution in [0.1, 0.15) is 65.0 Å². The van der Waals surface area contributed by atoms with Crippen molar-refractivity contribution in [2.45, 2.75) is 66.2 Å². The summed E-state index contributed by atoms with van der Waals surface area (Å²) in [7, 11) is -3.12. The summed E-state index contributed by atoms with van der Waals surface area (Å²) < 4.78 is 28.9. The van der Waals surface area contributed by atoms with Crippen molar-refractivity contribution in [3.8, 4) is 5.75 Å². The number of carbonyl (C=O) groups is 1. The molecule has 0 saturated heterocycles. The first kappa shape index (κ1) is 22.9. The number of esters is 1. The minimum atomic E-state index is -3.12. The Morgan fingerprint density at radius 3 is 2.31 bits per heavy atom. The average Bonchev–Trinajstić information content (AvgIpc) is 2.54. The molecule has 0 N–H and O–H groups in total. The molecule has 0 aliphatic heterocycles. The lowest BCUT2D eigenvalue weighted by Crippen LogP contribution is -2.17. The Hall–Kier alpha value is -1.16. The first-order valence-corrected chi connectivity index (χ1v) is 11.0. The molecule has 0 bridgehead atoms. The topological polar surface area (TPSA) is 61.8 Å². The molecular weight excluding hydrogens is 351 g/mol. The van der Waals surface area contributed by atoms with Gasteiger partial charge in [-0.05, 0) is 31.2 Å². The van der Waals surface area contributed by atoms with Crippen LogP contribution >= 0.6 is 7.60 Å². The van der Waals surface area contributed by atoms with E-state index >= 15 is 0 Å². The van der Waals surface area contributed by atoms with E-state index in [9.17, 15) is 9.36 Å². The molecule has 0 radical (unpaired) electrons. The SMILES string of the molecule is CCCOP(=O)(CCC)OCCC(=O)Oc1ccc(C)cc1C(C)(C)C. The van der Waals surface area contributed by atoms with Crippen LogP contribution in [0.25, 0.3) is 0 Å². The van der Waals surface area contributed by atoms with Crippen molar-refractivity contribution in [3.05, 3.63) is 29.3 Å². The highest BCUT2D eigenvalue weighted by atomic mass is 31.2. The molecular formula is C20H33O5P. The zero-order chi connectivity index (χ0) is 19.8. The number of hydrogen-bond acceptors (Lipinski definition) is 5. The maximum Gasteiger partial charge on any atom is 0.330 e. The Kier molecular flexibility index (Phi) is 9.02. The zero-order valence-electron chi connectivity index (χ0n) is 17.0. The third-order valence-corrected chi connectivity index (χ3v) is 5.90. The quantitative estimate of drug-likeness (QED) is 0.297. The van der Waals surface area contributed by atoms with E-state index in [1.54, 1.807) is 0 Å². The molecule has 0 spiro atoms. The Bertz CT molecular complexity index is 634. The monoisotopic (exact) mass is 384 g/mol. The van der Waals surface area contributed by atoms with E-state index in [2.05, 4.69) is 20.8 Å². The normalized spacial score (nSPS) is 14.1. The fraction of sp³-hybridized carbons (Fsp3) is 0.650. The van der Waals surface area contributed by atoms with Crippen LogP contribution in [-0.2, 0) is 23.8 Å². The smallest absolute Gasteiger partial charge is 0.330 e. The van der Waals surface area contributed by atoms with E-state index in [1.165, 1.54) is 0 Å². The fourth-order valence-corrected chi connectivity index (χ4v) is 4.14. The number of carbonyl (C=O) groups excluding carboxylic acids is 1. The van der Waals surface area contributed by atoms with Gasteiger partial charge in [-0.2, -0.15) is 0 Å². The maximum absolute atomic E-state index is 12.5. The van der Waals surface area contributed by atoms with E-state index in [1.807, 2.05) is 39.0 Å². The molecule has 1 aromatic rings. The number of rotatable bonds is 10. The van der Waals surface area contributed by atoms with Gasteiger partial charge in [0.05, 0.1) is 19.6 Å². The number of benzene rings is 1. The molecule has 1 aromatic carbocycles. The van der Waals surface area contributed by atoms with Crippen LogP contribution in [-0.4, -0.2) is 25.3 Å². The second kappa shape index (κ2) is 10.2. The van der Waals surface area contributed by atoms with Gasteiger partial charge in [0.25, 0.3) is 0 Å². The molecule has 1 atom stereocenters. The summed E-state index contributed by atoms with van der Waals surface area (Å²) in [5, 5.41) is 0. The second-order valence-corrected chi connectivity index (χ2v) is 9.66. The van der Waals surface area contributed by atoms with Crippen molar-refractivity contribution in [2.24, 2.45) is 0 Å². The minimum Gasteiger partial charge on any atom is -0.426 e. The molecule has 0 aliphatic carbocycles. The molecule has 0 heterocycles. The van der Waals surface area contributed by atoms with E-state index in [4.69, 9.17) is 13.8 Å². The third-order valence-electron chi connectivity index (χ3n) is 3.75. The first-order valence-electron chi connectivity index (χ1n) is 9.31. The Morgan fingerprint density at radius 1 is 1.08 bits per heavy atom. The zero-order valence-corrected chi connectivity index (χ0v) is 17.9.